The molecule has 2 aromatic heterocycles. The van der Waals surface area contributed by atoms with Crippen molar-refractivity contribution in [1.82, 2.24) is 14.8 Å². The number of aliphatic hydroxyl groups is 1. The molecule has 0 spiro atoms. The highest BCUT2D eigenvalue weighted by Gasteiger charge is 2.31. The predicted molar refractivity (Wildman–Crippen MR) is 108 cm³/mol. The van der Waals surface area contributed by atoms with E-state index >= 15 is 0 Å². The van der Waals surface area contributed by atoms with Gasteiger partial charge in [0.25, 0.3) is 5.91 Å². The normalized spacial score (nSPS) is 18.1. The van der Waals surface area contributed by atoms with Crippen LogP contribution in [0.2, 0.25) is 0 Å². The summed E-state index contributed by atoms with van der Waals surface area (Å²) >= 11 is 0. The molecule has 6 nitrogen and oxygen atoms in total. The molecule has 0 radical (unpaired) electrons. The van der Waals surface area contributed by atoms with Gasteiger partial charge in [-0.2, -0.15) is 0 Å². The number of aromatic amines is 1. The number of carbonyl (C=O) groups is 1. The lowest BCUT2D eigenvalue weighted by Crippen LogP contribution is -2.54. The molecule has 4 rings (SSSR count). The SMILES string of the molecule is Cc1ccc2[nH]c(C(=O)N3CCN(Cc4ccoc4)[C@H](CCO)C3)c(C)c2c1. The number of aliphatic hydroxyl groups excluding tert-OH is 1. The molecule has 0 unspecified atom stereocenters. The number of aryl methyl sites for hydroxylation is 2. The Morgan fingerprint density at radius 1 is 1.29 bits per heavy atom. The number of H-pyrrole nitrogens is 1. The lowest BCUT2D eigenvalue weighted by Gasteiger charge is -2.41. The zero-order valence-electron chi connectivity index (χ0n) is 16.4. The number of amides is 1. The van der Waals surface area contributed by atoms with E-state index in [0.717, 1.165) is 35.1 Å². The van der Waals surface area contributed by atoms with Gasteiger partial charge in [-0.3, -0.25) is 9.69 Å². The van der Waals surface area contributed by atoms with Crippen molar-refractivity contribution in [3.63, 3.8) is 0 Å². The van der Waals surface area contributed by atoms with Gasteiger partial charge >= 0.3 is 0 Å². The quantitative estimate of drug-likeness (QED) is 0.712. The number of benzene rings is 1. The van der Waals surface area contributed by atoms with Crippen LogP contribution in [0.1, 0.15) is 33.6 Å². The summed E-state index contributed by atoms with van der Waals surface area (Å²) in [7, 11) is 0. The predicted octanol–water partition coefficient (Wildman–Crippen LogP) is 3.09. The Kier molecular flexibility index (Phi) is 5.24. The average molecular weight is 381 g/mol. The second-order valence-electron chi connectivity index (χ2n) is 7.69. The number of hydrogen-bond acceptors (Lipinski definition) is 4. The Bertz CT molecular complexity index is 961. The first kappa shape index (κ1) is 18.8. The van der Waals surface area contributed by atoms with Crippen LogP contribution < -0.4 is 0 Å². The van der Waals surface area contributed by atoms with Crippen LogP contribution in [0.3, 0.4) is 0 Å². The highest BCUT2D eigenvalue weighted by molar-refractivity contribution is 6.01. The number of rotatable bonds is 5. The second-order valence-corrected chi connectivity index (χ2v) is 7.69. The van der Waals surface area contributed by atoms with Crippen LogP contribution in [-0.4, -0.2) is 58.1 Å². The smallest absolute Gasteiger partial charge is 0.270 e. The number of nitrogens with one attached hydrogen (secondary N) is 1. The van der Waals surface area contributed by atoms with Gasteiger partial charge in [0.15, 0.2) is 0 Å². The lowest BCUT2D eigenvalue weighted by atomic mass is 10.1. The summed E-state index contributed by atoms with van der Waals surface area (Å²) in [4.78, 5) is 20.8. The molecule has 3 aromatic rings. The van der Waals surface area contributed by atoms with Crippen molar-refractivity contribution in [3.8, 4) is 0 Å². The van der Waals surface area contributed by atoms with Crippen LogP contribution >= 0.6 is 0 Å². The molecule has 2 N–H and O–H groups in total. The summed E-state index contributed by atoms with van der Waals surface area (Å²) < 4.78 is 5.17. The van der Waals surface area contributed by atoms with E-state index in [1.165, 1.54) is 5.56 Å². The van der Waals surface area contributed by atoms with Crippen molar-refractivity contribution in [2.75, 3.05) is 26.2 Å². The second kappa shape index (κ2) is 7.81. The first-order valence-corrected chi connectivity index (χ1v) is 9.81. The summed E-state index contributed by atoms with van der Waals surface area (Å²) in [6.45, 7) is 7.02. The van der Waals surface area contributed by atoms with Gasteiger partial charge < -0.3 is 19.4 Å². The molecule has 1 aliphatic heterocycles. The molecule has 148 valence electrons. The van der Waals surface area contributed by atoms with Crippen molar-refractivity contribution in [3.05, 3.63) is 59.2 Å². The highest BCUT2D eigenvalue weighted by Crippen LogP contribution is 2.25. The zero-order valence-corrected chi connectivity index (χ0v) is 16.4. The zero-order chi connectivity index (χ0) is 19.7. The van der Waals surface area contributed by atoms with Crippen LogP contribution in [0, 0.1) is 13.8 Å². The molecule has 1 aromatic carbocycles. The van der Waals surface area contributed by atoms with Crippen molar-refractivity contribution in [2.24, 2.45) is 0 Å². The Balaban J connectivity index is 1.53. The van der Waals surface area contributed by atoms with E-state index in [2.05, 4.69) is 28.9 Å². The molecule has 0 saturated carbocycles. The monoisotopic (exact) mass is 381 g/mol. The van der Waals surface area contributed by atoms with Gasteiger partial charge in [-0.1, -0.05) is 11.6 Å². The third-order valence-electron chi connectivity index (χ3n) is 5.75. The van der Waals surface area contributed by atoms with Gasteiger partial charge in [-0.25, -0.2) is 0 Å². The van der Waals surface area contributed by atoms with E-state index in [1.807, 2.05) is 24.0 Å². The number of nitrogens with zero attached hydrogens (tertiary/aromatic N) is 2. The fraction of sp³-hybridized carbons (Fsp3) is 0.409. The molecule has 3 heterocycles. The fourth-order valence-electron chi connectivity index (χ4n) is 4.14. The molecule has 1 atom stereocenters. The number of fused-ring (bicyclic) bond motifs is 1. The molecule has 6 heteroatoms. The number of hydrogen-bond donors (Lipinski definition) is 2. The maximum absolute atomic E-state index is 13.2. The molecule has 28 heavy (non-hydrogen) atoms. The van der Waals surface area contributed by atoms with Crippen LogP contribution in [0.5, 0.6) is 0 Å². The molecule has 0 bridgehead atoms. The van der Waals surface area contributed by atoms with Gasteiger partial charge in [-0.15, -0.1) is 0 Å². The number of furan rings is 1. The molecule has 1 aliphatic rings. The molecule has 0 aliphatic carbocycles. The van der Waals surface area contributed by atoms with Crippen molar-refractivity contribution in [2.45, 2.75) is 32.9 Å². The van der Waals surface area contributed by atoms with Crippen LogP contribution in [0.15, 0.2) is 41.2 Å². The third kappa shape index (κ3) is 3.57. The Hall–Kier alpha value is -2.57. The van der Waals surface area contributed by atoms with Crippen molar-refractivity contribution in [1.29, 1.82) is 0 Å². The number of carbonyl (C=O) groups excluding carboxylic acids is 1. The Labute approximate surface area is 164 Å². The minimum Gasteiger partial charge on any atom is -0.472 e. The van der Waals surface area contributed by atoms with Crippen LogP contribution in [0.25, 0.3) is 10.9 Å². The molecular formula is C22H27N3O3. The number of piperazine rings is 1. The van der Waals surface area contributed by atoms with Crippen LogP contribution in [-0.2, 0) is 6.54 Å². The standard InChI is InChI=1S/C22H27N3O3/c1-15-3-4-20-19(11-15)16(2)21(23-20)22(27)25-8-7-24(18(13-25)5-9-26)12-17-6-10-28-14-17/h3-4,6,10-11,14,18,23,26H,5,7-9,12-13H2,1-2H3/t18-/m1/s1. The Morgan fingerprint density at radius 3 is 2.89 bits per heavy atom. The van der Waals surface area contributed by atoms with E-state index in [-0.39, 0.29) is 18.6 Å². The van der Waals surface area contributed by atoms with E-state index in [1.54, 1.807) is 12.5 Å². The minimum atomic E-state index is 0.0391. The Morgan fingerprint density at radius 2 is 2.14 bits per heavy atom. The largest absolute Gasteiger partial charge is 0.472 e. The topological polar surface area (TPSA) is 72.7 Å². The van der Waals surface area contributed by atoms with E-state index in [9.17, 15) is 9.90 Å². The summed E-state index contributed by atoms with van der Waals surface area (Å²) in [6, 6.07) is 8.30. The van der Waals surface area contributed by atoms with Gasteiger partial charge in [0, 0.05) is 55.3 Å². The molecule has 1 amide bonds. The minimum absolute atomic E-state index is 0.0391. The van der Waals surface area contributed by atoms with Gasteiger partial charge in [0.2, 0.25) is 0 Å². The van der Waals surface area contributed by atoms with Crippen molar-refractivity contribution >= 4 is 16.8 Å². The summed E-state index contributed by atoms with van der Waals surface area (Å²) in [5.41, 5.74) is 4.97. The first-order valence-electron chi connectivity index (χ1n) is 9.81. The highest BCUT2D eigenvalue weighted by atomic mass is 16.3. The molecule has 1 fully saturated rings. The van der Waals surface area contributed by atoms with Gasteiger partial charge in [-0.05, 0) is 44.0 Å². The third-order valence-corrected chi connectivity index (χ3v) is 5.75. The van der Waals surface area contributed by atoms with Crippen molar-refractivity contribution < 1.29 is 14.3 Å². The maximum atomic E-state index is 13.2. The van der Waals surface area contributed by atoms with Gasteiger partial charge in [0.1, 0.15) is 5.69 Å². The lowest BCUT2D eigenvalue weighted by molar-refractivity contribution is 0.0390. The van der Waals surface area contributed by atoms with Crippen LogP contribution in [0.4, 0.5) is 0 Å². The van der Waals surface area contributed by atoms with Gasteiger partial charge in [0.05, 0.1) is 12.5 Å². The fourth-order valence-corrected chi connectivity index (χ4v) is 4.14. The summed E-state index contributed by atoms with van der Waals surface area (Å²) in [5, 5.41) is 10.6. The van der Waals surface area contributed by atoms with E-state index in [4.69, 9.17) is 4.42 Å². The first-order chi connectivity index (χ1) is 13.6. The molecular weight excluding hydrogens is 354 g/mol. The maximum Gasteiger partial charge on any atom is 0.270 e. The summed E-state index contributed by atoms with van der Waals surface area (Å²) in [5.74, 6) is 0.0391. The average Bonchev–Trinajstić information content (AvgIpc) is 3.31. The number of aromatic nitrogens is 1. The molecule has 1 saturated heterocycles. The van der Waals surface area contributed by atoms with E-state index < -0.39 is 0 Å². The summed E-state index contributed by atoms with van der Waals surface area (Å²) in [6.07, 6.45) is 4.08. The van der Waals surface area contributed by atoms with E-state index in [0.29, 0.717) is 25.2 Å².